The van der Waals surface area contributed by atoms with Gasteiger partial charge in [0.05, 0.1) is 37.1 Å². The van der Waals surface area contributed by atoms with Crippen LogP contribution in [0.1, 0.15) is 107 Å². The largest absolute Gasteiger partial charge is 0.393 e. The minimum atomic E-state index is -1.60. The maximum Gasteiger partial charge on any atom is 0.186 e. The van der Waals surface area contributed by atoms with Crippen LogP contribution in [-0.4, -0.2) is 127 Å². The van der Waals surface area contributed by atoms with Crippen molar-refractivity contribution in [1.29, 1.82) is 0 Å². The Morgan fingerprint density at radius 1 is 0.615 bits per heavy atom. The second-order valence-corrected chi connectivity index (χ2v) is 20.5. The van der Waals surface area contributed by atoms with Gasteiger partial charge < -0.3 is 59.8 Å². The number of aliphatic hydroxyl groups excluding tert-OH is 7. The lowest BCUT2D eigenvalue weighted by molar-refractivity contribution is -0.351. The third kappa shape index (κ3) is 5.66. The number of hydrogen-bond acceptors (Lipinski definition) is 12. The molecule has 12 heteroatoms. The van der Waals surface area contributed by atoms with Crippen molar-refractivity contribution >= 4 is 0 Å². The van der Waals surface area contributed by atoms with Crippen molar-refractivity contribution < 1.29 is 59.8 Å². The molecule has 7 rings (SSSR count). The maximum atomic E-state index is 12.2. The van der Waals surface area contributed by atoms with Crippen LogP contribution in [0.2, 0.25) is 0 Å². The predicted molar refractivity (Wildman–Crippen MR) is 188 cm³/mol. The lowest BCUT2D eigenvalue weighted by Gasteiger charge is -2.74. The van der Waals surface area contributed by atoms with Gasteiger partial charge in [-0.05, 0) is 122 Å². The molecule has 52 heavy (non-hydrogen) atoms. The molecule has 20 atom stereocenters. The molecule has 5 aliphatic carbocycles. The van der Waals surface area contributed by atoms with E-state index in [4.69, 9.17) is 18.9 Å². The summed E-state index contributed by atoms with van der Waals surface area (Å²) in [6.45, 7) is 17.0. The predicted octanol–water partition coefficient (Wildman–Crippen LogP) is 2.09. The fourth-order valence-corrected chi connectivity index (χ4v) is 14.7. The summed E-state index contributed by atoms with van der Waals surface area (Å²) in [6.07, 6.45) is -5.88. The van der Waals surface area contributed by atoms with Crippen LogP contribution in [0.15, 0.2) is 0 Å². The summed E-state index contributed by atoms with van der Waals surface area (Å²) in [5, 5.41) is 88.3. The van der Waals surface area contributed by atoms with Crippen molar-refractivity contribution in [3.63, 3.8) is 0 Å². The lowest BCUT2D eigenvalue weighted by atomic mass is 9.31. The Bertz CT molecular complexity index is 1320. The number of hydrogen-bond donors (Lipinski definition) is 8. The van der Waals surface area contributed by atoms with Gasteiger partial charge in [0.1, 0.15) is 36.6 Å². The van der Waals surface area contributed by atoms with Gasteiger partial charge >= 0.3 is 0 Å². The van der Waals surface area contributed by atoms with Gasteiger partial charge in [-0.25, -0.2) is 0 Å². The van der Waals surface area contributed by atoms with Crippen LogP contribution in [0.25, 0.3) is 0 Å². The Kier molecular flexibility index (Phi) is 9.96. The second kappa shape index (κ2) is 13.0. The molecule has 20 unspecified atom stereocenters. The highest BCUT2D eigenvalue weighted by Crippen LogP contribution is 2.78. The Labute approximate surface area is 309 Å². The van der Waals surface area contributed by atoms with E-state index in [1.807, 2.05) is 13.8 Å². The van der Waals surface area contributed by atoms with Gasteiger partial charge in [0.15, 0.2) is 12.6 Å². The first-order chi connectivity index (χ1) is 24.0. The Morgan fingerprint density at radius 3 is 1.81 bits per heavy atom. The van der Waals surface area contributed by atoms with Gasteiger partial charge in [-0.15, -0.1) is 0 Å². The minimum absolute atomic E-state index is 0.0304. The van der Waals surface area contributed by atoms with Gasteiger partial charge in [-0.3, -0.25) is 0 Å². The van der Waals surface area contributed by atoms with Crippen LogP contribution >= 0.6 is 0 Å². The number of ether oxygens (including phenoxy) is 4. The molecule has 7 fully saturated rings. The molecule has 2 aliphatic heterocycles. The number of aliphatic hydroxyl groups is 8. The molecule has 2 saturated heterocycles. The van der Waals surface area contributed by atoms with E-state index in [0.29, 0.717) is 31.1 Å². The van der Waals surface area contributed by atoms with Crippen molar-refractivity contribution in [2.45, 2.75) is 180 Å². The van der Waals surface area contributed by atoms with E-state index in [1.165, 1.54) is 0 Å². The molecule has 0 aromatic heterocycles. The maximum absolute atomic E-state index is 12.2. The van der Waals surface area contributed by atoms with Crippen molar-refractivity contribution in [3.8, 4) is 0 Å². The van der Waals surface area contributed by atoms with E-state index in [2.05, 4.69) is 41.5 Å². The minimum Gasteiger partial charge on any atom is -0.393 e. The standard InChI is InChI=1S/C40H68O12/c1-35(2)26(44)12-14-38(6)25-10-9-24-37(5)13-11-19(36(3,4)48)27(37)23(16-40(24,8)39(25,7)15-20(41)32(35)38)51-34-30(47)31(22(43)18-50-34)52-33-29(46)28(45)21(42)17-49-33/h19-34,41-48H,9-18H2,1-8H3. The summed E-state index contributed by atoms with van der Waals surface area (Å²) in [5.41, 5.74) is -2.34. The Hall–Kier alpha value is -0.480. The SMILES string of the molecule is CC(C)(O)C1CCC2(C)C1C(OC1OCC(O)C(OC3OCC(O)C(O)C3O)C1O)CC1(C)C2CCC2C3(C)CCC(O)C(C)(C)C3C(O)CC21C. The van der Waals surface area contributed by atoms with Crippen molar-refractivity contribution in [1.82, 2.24) is 0 Å². The molecule has 5 saturated carbocycles. The van der Waals surface area contributed by atoms with E-state index in [1.54, 1.807) is 0 Å². The summed E-state index contributed by atoms with van der Waals surface area (Å²) < 4.78 is 24.3. The van der Waals surface area contributed by atoms with Gasteiger partial charge in [-0.1, -0.05) is 41.5 Å². The van der Waals surface area contributed by atoms with Gasteiger partial charge in [0.2, 0.25) is 0 Å². The van der Waals surface area contributed by atoms with Gasteiger partial charge in [0.25, 0.3) is 0 Å². The fraction of sp³-hybridized carbons (Fsp3) is 1.00. The van der Waals surface area contributed by atoms with Crippen LogP contribution in [0, 0.1) is 56.7 Å². The van der Waals surface area contributed by atoms with Crippen molar-refractivity contribution in [3.05, 3.63) is 0 Å². The van der Waals surface area contributed by atoms with E-state index in [-0.39, 0.29) is 52.6 Å². The van der Waals surface area contributed by atoms with Crippen LogP contribution in [0.5, 0.6) is 0 Å². The van der Waals surface area contributed by atoms with Crippen molar-refractivity contribution in [2.75, 3.05) is 13.2 Å². The molecular weight excluding hydrogens is 672 g/mol. The molecule has 8 N–H and O–H groups in total. The average molecular weight is 741 g/mol. The first-order valence-corrected chi connectivity index (χ1v) is 20.1. The zero-order valence-electron chi connectivity index (χ0n) is 32.5. The quantitative estimate of drug-likeness (QED) is 0.191. The van der Waals surface area contributed by atoms with E-state index >= 15 is 0 Å². The highest BCUT2D eigenvalue weighted by Gasteiger charge is 2.74. The highest BCUT2D eigenvalue weighted by molar-refractivity contribution is 5.23. The Morgan fingerprint density at radius 2 is 1.17 bits per heavy atom. The first kappa shape index (κ1) is 39.7. The summed E-state index contributed by atoms with van der Waals surface area (Å²) in [4.78, 5) is 0. The summed E-state index contributed by atoms with van der Waals surface area (Å²) in [6, 6.07) is 0. The molecule has 0 amide bonds. The molecular formula is C40H68O12. The fourth-order valence-electron chi connectivity index (χ4n) is 14.7. The molecule has 0 radical (unpaired) electrons. The molecule has 300 valence electrons. The molecule has 0 aromatic rings. The molecule has 0 aromatic carbocycles. The summed E-state index contributed by atoms with van der Waals surface area (Å²) in [7, 11) is 0. The normalized spacial score (nSPS) is 57.7. The summed E-state index contributed by atoms with van der Waals surface area (Å²) in [5.74, 6) is 0.448. The van der Waals surface area contributed by atoms with Gasteiger partial charge in [0, 0.05) is 0 Å². The molecule has 0 spiro atoms. The second-order valence-electron chi connectivity index (χ2n) is 20.5. The third-order valence-electron chi connectivity index (χ3n) is 17.1. The van der Waals surface area contributed by atoms with E-state index < -0.39 is 78.5 Å². The van der Waals surface area contributed by atoms with Crippen LogP contribution in [0.4, 0.5) is 0 Å². The topological polar surface area (TPSA) is 199 Å². The highest BCUT2D eigenvalue weighted by atomic mass is 16.7. The smallest absolute Gasteiger partial charge is 0.186 e. The Balaban J connectivity index is 1.22. The van der Waals surface area contributed by atoms with Crippen LogP contribution in [0.3, 0.4) is 0 Å². The number of rotatable bonds is 5. The lowest BCUT2D eigenvalue weighted by Crippen LogP contribution is -2.71. The van der Waals surface area contributed by atoms with E-state index in [9.17, 15) is 40.9 Å². The van der Waals surface area contributed by atoms with Crippen LogP contribution < -0.4 is 0 Å². The molecule has 7 aliphatic rings. The van der Waals surface area contributed by atoms with Gasteiger partial charge in [-0.2, -0.15) is 0 Å². The zero-order chi connectivity index (χ0) is 38.1. The average Bonchev–Trinajstić information content (AvgIpc) is 3.42. The molecule has 2 heterocycles. The van der Waals surface area contributed by atoms with Crippen LogP contribution in [-0.2, 0) is 18.9 Å². The van der Waals surface area contributed by atoms with E-state index in [0.717, 1.165) is 32.1 Å². The summed E-state index contributed by atoms with van der Waals surface area (Å²) >= 11 is 0. The third-order valence-corrected chi connectivity index (χ3v) is 17.1. The van der Waals surface area contributed by atoms with Crippen molar-refractivity contribution in [2.24, 2.45) is 56.7 Å². The molecule has 12 nitrogen and oxygen atoms in total. The first-order valence-electron chi connectivity index (χ1n) is 20.1. The monoisotopic (exact) mass is 740 g/mol. The number of fused-ring (bicyclic) bond motifs is 7. The molecule has 0 bridgehead atoms. The zero-order valence-corrected chi connectivity index (χ0v) is 32.5.